The van der Waals surface area contributed by atoms with Gasteiger partial charge in [-0.2, -0.15) is 0 Å². The van der Waals surface area contributed by atoms with Crippen molar-refractivity contribution in [2.75, 3.05) is 33.2 Å². The Kier molecular flexibility index (Phi) is 4.20. The molecular formula is C18H21N3O. The Labute approximate surface area is 131 Å². The third kappa shape index (κ3) is 3.17. The fraction of sp³-hybridized carbons (Fsp3) is 0.333. The number of aromatic nitrogens is 1. The fourth-order valence-electron chi connectivity index (χ4n) is 2.64. The van der Waals surface area contributed by atoms with Gasteiger partial charge in [0.1, 0.15) is 0 Å². The lowest BCUT2D eigenvalue weighted by Gasteiger charge is -2.32. The lowest BCUT2D eigenvalue weighted by atomic mass is 10.0. The second kappa shape index (κ2) is 6.28. The fourth-order valence-corrected chi connectivity index (χ4v) is 2.64. The second-order valence-corrected chi connectivity index (χ2v) is 5.86. The number of pyridine rings is 1. The highest BCUT2D eigenvalue weighted by atomic mass is 16.2. The highest BCUT2D eigenvalue weighted by Gasteiger charge is 2.20. The van der Waals surface area contributed by atoms with Crippen molar-refractivity contribution >= 4 is 5.91 Å². The van der Waals surface area contributed by atoms with Crippen LogP contribution in [0.15, 0.2) is 42.6 Å². The van der Waals surface area contributed by atoms with Gasteiger partial charge < -0.3 is 9.80 Å². The minimum absolute atomic E-state index is 0.127. The van der Waals surface area contributed by atoms with E-state index in [1.165, 1.54) is 0 Å². The van der Waals surface area contributed by atoms with E-state index in [4.69, 9.17) is 0 Å². The smallest absolute Gasteiger partial charge is 0.253 e. The molecule has 0 atom stereocenters. The van der Waals surface area contributed by atoms with Crippen molar-refractivity contribution in [3.63, 3.8) is 0 Å². The van der Waals surface area contributed by atoms with Gasteiger partial charge in [-0.1, -0.05) is 18.2 Å². The molecule has 0 unspecified atom stereocenters. The topological polar surface area (TPSA) is 36.4 Å². The Morgan fingerprint density at radius 2 is 1.59 bits per heavy atom. The average Bonchev–Trinajstić information content (AvgIpc) is 2.56. The third-order valence-corrected chi connectivity index (χ3v) is 4.17. The summed E-state index contributed by atoms with van der Waals surface area (Å²) in [6.45, 7) is 5.47. The maximum absolute atomic E-state index is 12.5. The molecule has 1 amide bonds. The van der Waals surface area contributed by atoms with E-state index in [1.54, 1.807) is 0 Å². The van der Waals surface area contributed by atoms with Crippen LogP contribution in [-0.4, -0.2) is 53.9 Å². The van der Waals surface area contributed by atoms with Crippen molar-refractivity contribution in [2.45, 2.75) is 6.92 Å². The summed E-state index contributed by atoms with van der Waals surface area (Å²) in [7, 11) is 2.09. The number of rotatable bonds is 2. The van der Waals surface area contributed by atoms with Crippen LogP contribution in [-0.2, 0) is 0 Å². The van der Waals surface area contributed by atoms with Crippen LogP contribution >= 0.6 is 0 Å². The van der Waals surface area contributed by atoms with Crippen LogP contribution in [0.2, 0.25) is 0 Å². The Bertz CT molecular complexity index is 641. The van der Waals surface area contributed by atoms with Crippen LogP contribution in [0.4, 0.5) is 0 Å². The molecule has 1 aliphatic heterocycles. The van der Waals surface area contributed by atoms with Crippen molar-refractivity contribution < 1.29 is 4.79 Å². The molecule has 0 spiro atoms. The van der Waals surface area contributed by atoms with E-state index in [0.717, 1.165) is 48.6 Å². The van der Waals surface area contributed by atoms with Crippen molar-refractivity contribution in [3.8, 4) is 11.1 Å². The number of benzene rings is 1. The zero-order valence-corrected chi connectivity index (χ0v) is 13.1. The number of amides is 1. The summed E-state index contributed by atoms with van der Waals surface area (Å²) < 4.78 is 0. The molecule has 2 heterocycles. The Morgan fingerprint density at radius 3 is 2.18 bits per heavy atom. The number of aryl methyl sites for hydroxylation is 1. The molecule has 0 aliphatic carbocycles. The molecule has 4 heteroatoms. The molecule has 4 nitrogen and oxygen atoms in total. The zero-order valence-electron chi connectivity index (χ0n) is 13.1. The van der Waals surface area contributed by atoms with Gasteiger partial charge in [-0.05, 0) is 37.7 Å². The number of hydrogen-bond donors (Lipinski definition) is 0. The van der Waals surface area contributed by atoms with Gasteiger partial charge >= 0.3 is 0 Å². The summed E-state index contributed by atoms with van der Waals surface area (Å²) in [5, 5.41) is 0. The first-order chi connectivity index (χ1) is 10.6. The quantitative estimate of drug-likeness (QED) is 0.854. The van der Waals surface area contributed by atoms with E-state index in [2.05, 4.69) is 23.0 Å². The Balaban J connectivity index is 1.73. The predicted molar refractivity (Wildman–Crippen MR) is 87.8 cm³/mol. The summed E-state index contributed by atoms with van der Waals surface area (Å²) in [6.07, 6.45) is 1.87. The first-order valence-corrected chi connectivity index (χ1v) is 7.64. The van der Waals surface area contributed by atoms with Crippen LogP contribution in [0.3, 0.4) is 0 Å². The molecule has 0 saturated carbocycles. The van der Waals surface area contributed by atoms with Crippen LogP contribution in [0.25, 0.3) is 11.1 Å². The molecule has 1 aromatic heterocycles. The highest BCUT2D eigenvalue weighted by Crippen LogP contribution is 2.20. The molecule has 1 fully saturated rings. The largest absolute Gasteiger partial charge is 0.336 e. The number of likely N-dealkylation sites (N-methyl/N-ethyl adjacent to an activating group) is 1. The van der Waals surface area contributed by atoms with Gasteiger partial charge in [0.05, 0.1) is 0 Å². The van der Waals surface area contributed by atoms with Gasteiger partial charge in [-0.3, -0.25) is 9.78 Å². The summed E-state index contributed by atoms with van der Waals surface area (Å²) in [6, 6.07) is 11.9. The van der Waals surface area contributed by atoms with Gasteiger partial charge in [0.15, 0.2) is 0 Å². The number of carbonyl (C=O) groups is 1. The van der Waals surface area contributed by atoms with Crippen LogP contribution in [0, 0.1) is 6.92 Å². The first-order valence-electron chi connectivity index (χ1n) is 7.64. The first kappa shape index (κ1) is 14.7. The minimum atomic E-state index is 0.127. The lowest BCUT2D eigenvalue weighted by molar-refractivity contribution is 0.0664. The third-order valence-electron chi connectivity index (χ3n) is 4.17. The van der Waals surface area contributed by atoms with E-state index in [-0.39, 0.29) is 5.91 Å². The van der Waals surface area contributed by atoms with Gasteiger partial charge in [-0.25, -0.2) is 0 Å². The molecule has 0 N–H and O–H groups in total. The lowest BCUT2D eigenvalue weighted by Crippen LogP contribution is -2.47. The summed E-state index contributed by atoms with van der Waals surface area (Å²) in [5.41, 5.74) is 3.92. The van der Waals surface area contributed by atoms with Crippen molar-refractivity contribution in [1.29, 1.82) is 0 Å². The summed E-state index contributed by atoms with van der Waals surface area (Å²) in [5.74, 6) is 0.127. The van der Waals surface area contributed by atoms with Gasteiger partial charge in [-0.15, -0.1) is 0 Å². The van der Waals surface area contributed by atoms with E-state index >= 15 is 0 Å². The number of carbonyl (C=O) groups excluding carboxylic acids is 1. The zero-order chi connectivity index (χ0) is 15.5. The summed E-state index contributed by atoms with van der Waals surface area (Å²) >= 11 is 0. The Hall–Kier alpha value is -2.20. The van der Waals surface area contributed by atoms with E-state index in [1.807, 2.05) is 48.4 Å². The minimum Gasteiger partial charge on any atom is -0.336 e. The second-order valence-electron chi connectivity index (χ2n) is 5.86. The molecular weight excluding hydrogens is 274 g/mol. The van der Waals surface area contributed by atoms with Gasteiger partial charge in [0.25, 0.3) is 5.91 Å². The molecule has 1 aliphatic rings. The normalized spacial score (nSPS) is 15.8. The molecule has 1 aromatic carbocycles. The number of hydrogen-bond acceptors (Lipinski definition) is 3. The standard InChI is InChI=1S/C18H21N3O/c1-14-3-4-17(13-19-14)15-5-7-16(8-6-15)18(22)21-11-9-20(2)10-12-21/h3-8,13H,9-12H2,1-2H3. The monoisotopic (exact) mass is 295 g/mol. The van der Waals surface area contributed by atoms with Gasteiger partial charge in [0, 0.05) is 49.2 Å². The number of piperazine rings is 1. The van der Waals surface area contributed by atoms with Crippen LogP contribution in [0.5, 0.6) is 0 Å². The maximum atomic E-state index is 12.5. The Morgan fingerprint density at radius 1 is 0.955 bits per heavy atom. The van der Waals surface area contributed by atoms with Gasteiger partial charge in [0.2, 0.25) is 0 Å². The molecule has 114 valence electrons. The average molecular weight is 295 g/mol. The van der Waals surface area contributed by atoms with Crippen molar-refractivity contribution in [2.24, 2.45) is 0 Å². The number of nitrogens with zero attached hydrogens (tertiary/aromatic N) is 3. The van der Waals surface area contributed by atoms with E-state index in [0.29, 0.717) is 0 Å². The molecule has 3 rings (SSSR count). The van der Waals surface area contributed by atoms with E-state index in [9.17, 15) is 4.79 Å². The van der Waals surface area contributed by atoms with Crippen molar-refractivity contribution in [3.05, 3.63) is 53.9 Å². The SMILES string of the molecule is Cc1ccc(-c2ccc(C(=O)N3CCN(C)CC3)cc2)cn1. The predicted octanol–water partition coefficient (Wildman–Crippen LogP) is 2.44. The van der Waals surface area contributed by atoms with E-state index < -0.39 is 0 Å². The van der Waals surface area contributed by atoms with Crippen LogP contribution in [0.1, 0.15) is 16.1 Å². The summed E-state index contributed by atoms with van der Waals surface area (Å²) in [4.78, 5) is 21.0. The maximum Gasteiger partial charge on any atom is 0.253 e. The van der Waals surface area contributed by atoms with Crippen molar-refractivity contribution in [1.82, 2.24) is 14.8 Å². The molecule has 0 bridgehead atoms. The molecule has 0 radical (unpaired) electrons. The van der Waals surface area contributed by atoms with Crippen LogP contribution < -0.4 is 0 Å². The molecule has 22 heavy (non-hydrogen) atoms. The highest BCUT2D eigenvalue weighted by molar-refractivity contribution is 5.94. The molecule has 1 saturated heterocycles. The molecule has 2 aromatic rings.